The van der Waals surface area contributed by atoms with Crippen LogP contribution in [-0.2, 0) is 6.54 Å². The van der Waals surface area contributed by atoms with Crippen molar-refractivity contribution in [2.24, 2.45) is 0 Å². The van der Waals surface area contributed by atoms with Gasteiger partial charge in [0.2, 0.25) is 0 Å². The van der Waals surface area contributed by atoms with E-state index in [0.29, 0.717) is 6.54 Å². The lowest BCUT2D eigenvalue weighted by Crippen LogP contribution is -2.03. The molecule has 0 spiro atoms. The van der Waals surface area contributed by atoms with Crippen molar-refractivity contribution in [3.8, 4) is 11.4 Å². The third kappa shape index (κ3) is 1.91. The van der Waals surface area contributed by atoms with Crippen molar-refractivity contribution < 1.29 is 0 Å². The van der Waals surface area contributed by atoms with Crippen LogP contribution in [0.2, 0.25) is 0 Å². The number of aromatic nitrogens is 7. The van der Waals surface area contributed by atoms with E-state index >= 15 is 0 Å². The van der Waals surface area contributed by atoms with Crippen LogP contribution >= 0.6 is 0 Å². The highest BCUT2D eigenvalue weighted by Crippen LogP contribution is 2.23. The molecule has 0 saturated heterocycles. The molecular formula is C17H13N7. The van der Waals surface area contributed by atoms with Crippen molar-refractivity contribution in [1.29, 1.82) is 0 Å². The smallest absolute Gasteiger partial charge is 0.165 e. The zero-order valence-corrected chi connectivity index (χ0v) is 12.7. The van der Waals surface area contributed by atoms with E-state index in [2.05, 4.69) is 30.8 Å². The van der Waals surface area contributed by atoms with E-state index < -0.39 is 0 Å². The number of imidazole rings is 1. The standard InChI is InChI=1S/C17H13N7/c1-3-13(15-4-6-20-23(15)8-1)12-22-10-7-19-16(22)14-11-21-24-9-2-5-18-17(14)24/h1-11H,12H2. The van der Waals surface area contributed by atoms with Gasteiger partial charge in [0.15, 0.2) is 5.65 Å². The molecule has 0 N–H and O–H groups in total. The molecule has 0 bridgehead atoms. The van der Waals surface area contributed by atoms with Gasteiger partial charge in [0, 0.05) is 37.2 Å². The van der Waals surface area contributed by atoms with Crippen LogP contribution in [0.5, 0.6) is 0 Å². The Hall–Kier alpha value is -3.48. The highest BCUT2D eigenvalue weighted by Gasteiger charge is 2.14. The first kappa shape index (κ1) is 13.0. The molecule has 7 nitrogen and oxygen atoms in total. The second kappa shape index (κ2) is 5.02. The molecule has 0 aliphatic rings. The van der Waals surface area contributed by atoms with Gasteiger partial charge in [0.1, 0.15) is 5.82 Å². The summed E-state index contributed by atoms with van der Waals surface area (Å²) >= 11 is 0. The molecule has 24 heavy (non-hydrogen) atoms. The Bertz CT molecular complexity index is 1150. The summed E-state index contributed by atoms with van der Waals surface area (Å²) in [4.78, 5) is 8.94. The second-order valence-corrected chi connectivity index (χ2v) is 5.52. The van der Waals surface area contributed by atoms with Gasteiger partial charge < -0.3 is 4.57 Å². The topological polar surface area (TPSA) is 65.3 Å². The van der Waals surface area contributed by atoms with Gasteiger partial charge in [0.05, 0.1) is 23.8 Å². The van der Waals surface area contributed by atoms with Crippen LogP contribution in [0.15, 0.2) is 67.6 Å². The number of hydrogen-bond acceptors (Lipinski definition) is 4. The largest absolute Gasteiger partial charge is 0.326 e. The van der Waals surface area contributed by atoms with Crippen LogP contribution in [0.4, 0.5) is 0 Å². The Kier molecular flexibility index (Phi) is 2.72. The Morgan fingerprint density at radius 3 is 2.79 bits per heavy atom. The summed E-state index contributed by atoms with van der Waals surface area (Å²) in [5.74, 6) is 0.852. The fourth-order valence-electron chi connectivity index (χ4n) is 3.00. The van der Waals surface area contributed by atoms with E-state index in [4.69, 9.17) is 0 Å². The zero-order valence-electron chi connectivity index (χ0n) is 12.7. The lowest BCUT2D eigenvalue weighted by molar-refractivity contribution is 0.804. The quantitative estimate of drug-likeness (QED) is 0.512. The maximum Gasteiger partial charge on any atom is 0.165 e. The molecule has 0 aromatic carbocycles. The molecule has 5 rings (SSSR count). The summed E-state index contributed by atoms with van der Waals surface area (Å²) in [6, 6.07) is 7.98. The van der Waals surface area contributed by atoms with E-state index in [9.17, 15) is 0 Å². The van der Waals surface area contributed by atoms with Gasteiger partial charge in [0.25, 0.3) is 0 Å². The number of nitrogens with zero attached hydrogens (tertiary/aromatic N) is 7. The SMILES string of the molecule is c1cc(Cn2ccnc2-c2cnn3cccnc23)c2ccnn2c1. The van der Waals surface area contributed by atoms with Crippen molar-refractivity contribution in [3.63, 3.8) is 0 Å². The van der Waals surface area contributed by atoms with E-state index in [1.807, 2.05) is 47.5 Å². The van der Waals surface area contributed by atoms with Crippen LogP contribution in [0.3, 0.4) is 0 Å². The summed E-state index contributed by atoms with van der Waals surface area (Å²) in [5.41, 5.74) is 3.99. The van der Waals surface area contributed by atoms with Gasteiger partial charge >= 0.3 is 0 Å². The van der Waals surface area contributed by atoms with E-state index in [0.717, 1.165) is 22.6 Å². The van der Waals surface area contributed by atoms with E-state index in [1.165, 1.54) is 5.56 Å². The number of fused-ring (bicyclic) bond motifs is 2. The zero-order chi connectivity index (χ0) is 15.9. The molecule has 0 radical (unpaired) electrons. The second-order valence-electron chi connectivity index (χ2n) is 5.52. The monoisotopic (exact) mass is 315 g/mol. The minimum Gasteiger partial charge on any atom is -0.326 e. The molecule has 0 saturated carbocycles. The summed E-state index contributed by atoms with van der Waals surface area (Å²) in [6.45, 7) is 0.704. The summed E-state index contributed by atoms with van der Waals surface area (Å²) in [5, 5.41) is 8.64. The highest BCUT2D eigenvalue weighted by atomic mass is 15.2. The van der Waals surface area contributed by atoms with Gasteiger partial charge in [-0.05, 0) is 23.8 Å². The van der Waals surface area contributed by atoms with Crippen LogP contribution in [0, 0.1) is 0 Å². The average molecular weight is 315 g/mol. The van der Waals surface area contributed by atoms with Crippen molar-refractivity contribution in [2.75, 3.05) is 0 Å². The minimum absolute atomic E-state index is 0.704. The molecular weight excluding hydrogens is 302 g/mol. The lowest BCUT2D eigenvalue weighted by Gasteiger charge is -2.08. The predicted octanol–water partition coefficient (Wildman–Crippen LogP) is 2.29. The lowest BCUT2D eigenvalue weighted by atomic mass is 10.2. The van der Waals surface area contributed by atoms with Gasteiger partial charge in [-0.25, -0.2) is 19.0 Å². The maximum absolute atomic E-state index is 4.52. The Labute approximate surface area is 136 Å². The fraction of sp³-hybridized carbons (Fsp3) is 0.0588. The van der Waals surface area contributed by atoms with E-state index in [1.54, 1.807) is 23.1 Å². The van der Waals surface area contributed by atoms with Crippen molar-refractivity contribution in [3.05, 3.63) is 73.2 Å². The van der Waals surface area contributed by atoms with Crippen LogP contribution in [0.1, 0.15) is 5.56 Å². The van der Waals surface area contributed by atoms with Crippen molar-refractivity contribution in [1.82, 2.24) is 33.8 Å². The molecule has 0 fully saturated rings. The molecule has 7 heteroatoms. The predicted molar refractivity (Wildman–Crippen MR) is 88.5 cm³/mol. The minimum atomic E-state index is 0.704. The van der Waals surface area contributed by atoms with E-state index in [-0.39, 0.29) is 0 Å². The number of rotatable bonds is 3. The van der Waals surface area contributed by atoms with Gasteiger partial charge in [-0.2, -0.15) is 10.2 Å². The fourth-order valence-corrected chi connectivity index (χ4v) is 3.00. The first-order valence-corrected chi connectivity index (χ1v) is 7.61. The normalized spacial score (nSPS) is 11.5. The molecule has 5 heterocycles. The molecule has 0 unspecified atom stereocenters. The molecule has 0 amide bonds. The molecule has 0 atom stereocenters. The molecule has 0 aliphatic heterocycles. The third-order valence-corrected chi connectivity index (χ3v) is 4.10. The number of pyridine rings is 1. The first-order chi connectivity index (χ1) is 11.9. The van der Waals surface area contributed by atoms with Crippen molar-refractivity contribution in [2.45, 2.75) is 6.54 Å². The maximum atomic E-state index is 4.52. The van der Waals surface area contributed by atoms with Gasteiger partial charge in [-0.3, -0.25) is 0 Å². The van der Waals surface area contributed by atoms with Crippen LogP contribution in [-0.4, -0.2) is 33.8 Å². The highest BCUT2D eigenvalue weighted by molar-refractivity contribution is 5.72. The van der Waals surface area contributed by atoms with Gasteiger partial charge in [-0.1, -0.05) is 6.07 Å². The van der Waals surface area contributed by atoms with Gasteiger partial charge in [-0.15, -0.1) is 0 Å². The molecule has 0 aliphatic carbocycles. The van der Waals surface area contributed by atoms with Crippen LogP contribution in [0.25, 0.3) is 22.6 Å². The Balaban J connectivity index is 1.62. The Morgan fingerprint density at radius 2 is 1.79 bits per heavy atom. The molecule has 116 valence electrons. The van der Waals surface area contributed by atoms with Crippen molar-refractivity contribution >= 4 is 11.2 Å². The first-order valence-electron chi connectivity index (χ1n) is 7.61. The summed E-state index contributed by atoms with van der Waals surface area (Å²) in [6.07, 6.45) is 13.0. The summed E-state index contributed by atoms with van der Waals surface area (Å²) < 4.78 is 5.74. The number of hydrogen-bond donors (Lipinski definition) is 0. The van der Waals surface area contributed by atoms with Crippen LogP contribution < -0.4 is 0 Å². The average Bonchev–Trinajstić information content (AvgIpc) is 3.33. The third-order valence-electron chi connectivity index (χ3n) is 4.10. The Morgan fingerprint density at radius 1 is 0.833 bits per heavy atom. The molecule has 5 aromatic rings. The molecule has 5 aromatic heterocycles. The summed E-state index contributed by atoms with van der Waals surface area (Å²) in [7, 11) is 0.